The van der Waals surface area contributed by atoms with E-state index in [0.717, 1.165) is 0 Å². The Labute approximate surface area is 253 Å². The third kappa shape index (κ3) is 18.5. The van der Waals surface area contributed by atoms with Crippen LogP contribution in [0.4, 0.5) is 0 Å². The minimum atomic E-state index is -5.67. The predicted molar refractivity (Wildman–Crippen MR) is 138 cm³/mol. The zero-order valence-electron chi connectivity index (χ0n) is 14.2. The second kappa shape index (κ2) is 13.1. The third-order valence-electron chi connectivity index (χ3n) is 2.20. The van der Waals surface area contributed by atoms with Crippen LogP contribution in [-0.2, 0) is 22.6 Å². The fraction of sp³-hybridized carbons (Fsp3) is 1.00. The molecule has 0 saturated carbocycles. The zero-order chi connectivity index (χ0) is 25.0. The predicted octanol–water partition coefficient (Wildman–Crippen LogP) is 10.0. The molecule has 0 fully saturated rings. The molecule has 31 heavy (non-hydrogen) atoms. The molecule has 0 radical (unpaired) electrons. The molecule has 0 saturated heterocycles. The van der Waals surface area contributed by atoms with Crippen molar-refractivity contribution in [3.63, 3.8) is 0 Å². The summed E-state index contributed by atoms with van der Waals surface area (Å²) in [6.45, 7) is -4.12. The van der Waals surface area contributed by atoms with E-state index in [1.54, 1.807) is 0 Å². The zero-order valence-corrected chi connectivity index (χ0v) is 26.4. The summed E-state index contributed by atoms with van der Waals surface area (Å²) in [6, 6.07) is 0. The van der Waals surface area contributed by atoms with E-state index in [1.165, 1.54) is 0 Å². The van der Waals surface area contributed by atoms with Crippen LogP contribution in [0.15, 0.2) is 0 Å². The quantitative estimate of drug-likeness (QED) is 0.164. The maximum atomic E-state index is 5.75. The van der Waals surface area contributed by atoms with Crippen molar-refractivity contribution in [3.8, 4) is 0 Å². The van der Waals surface area contributed by atoms with Crippen LogP contribution >= 0.6 is 182 Å². The van der Waals surface area contributed by atoms with E-state index >= 15 is 0 Å². The summed E-state index contributed by atoms with van der Waals surface area (Å²) in [5, 5.41) is 0. The van der Waals surface area contributed by atoms with Crippen molar-refractivity contribution in [1.82, 2.24) is 0 Å². The summed E-state index contributed by atoms with van der Waals surface area (Å²) in [4.78, 5) is 0. The first-order valence-corrected chi connectivity index (χ1v) is 14.5. The average molecular weight is 773 g/mol. The SMILES string of the molecule is ClC(Cl)(Cl)COP(OCC(Cl)(Cl)Cl)(OCC(Cl)(Cl)Cl)(OCC(Cl)(Cl)Cl)OCC(Cl)(Cl)Cl. The van der Waals surface area contributed by atoms with Gasteiger partial charge in [0.2, 0.25) is 0 Å². The van der Waals surface area contributed by atoms with Crippen molar-refractivity contribution >= 4 is 182 Å². The molecule has 0 unspecified atom stereocenters. The van der Waals surface area contributed by atoms with Crippen LogP contribution < -0.4 is 0 Å². The topological polar surface area (TPSA) is 46.2 Å². The van der Waals surface area contributed by atoms with Crippen LogP contribution in [0.3, 0.4) is 0 Å². The molecule has 0 atom stereocenters. The van der Waals surface area contributed by atoms with E-state index in [0.29, 0.717) is 0 Å². The Bertz CT molecular complexity index is 441. The summed E-state index contributed by atoms with van der Waals surface area (Å²) < 4.78 is 17.1. The number of halogens is 15. The van der Waals surface area contributed by atoms with Gasteiger partial charge in [0.05, 0.1) is 0 Å². The second-order valence-electron chi connectivity index (χ2n) is 5.19. The molecular weight excluding hydrogens is 763 g/mol. The van der Waals surface area contributed by atoms with E-state index in [4.69, 9.17) is 197 Å². The Balaban J connectivity index is 6.53. The molecule has 0 aromatic rings. The van der Waals surface area contributed by atoms with Crippen LogP contribution in [0.5, 0.6) is 0 Å². The standard InChI is InChI=1S/C10H10Cl15O5P/c11-6(12,13)1-26-31(27-2-7(14,15)16,28-3-8(17,18)19,29-4-9(20,21)22)30-5-10(23,24)25/h1-5H2. The summed E-state index contributed by atoms with van der Waals surface area (Å²) in [5.74, 6) is 0. The number of hydrogen-bond donors (Lipinski definition) is 0. The molecule has 0 aliphatic rings. The number of alkyl halides is 15. The van der Waals surface area contributed by atoms with Crippen LogP contribution in [0.25, 0.3) is 0 Å². The summed E-state index contributed by atoms with van der Waals surface area (Å²) >= 11 is 86.3. The van der Waals surface area contributed by atoms with Crippen LogP contribution in [0, 0.1) is 0 Å². The molecule has 5 nitrogen and oxygen atoms in total. The van der Waals surface area contributed by atoms with Crippen molar-refractivity contribution in [1.29, 1.82) is 0 Å². The molecule has 0 rings (SSSR count). The van der Waals surface area contributed by atoms with E-state index < -0.39 is 59.7 Å². The van der Waals surface area contributed by atoms with Crippen molar-refractivity contribution in [2.45, 2.75) is 19.0 Å². The summed E-state index contributed by atoms with van der Waals surface area (Å²) in [6.07, 6.45) is 0. The first-order chi connectivity index (χ1) is 13.3. The van der Waals surface area contributed by atoms with Crippen molar-refractivity contribution in [2.24, 2.45) is 0 Å². The fourth-order valence-corrected chi connectivity index (χ4v) is 5.99. The van der Waals surface area contributed by atoms with Gasteiger partial charge in [0.1, 0.15) is 0 Å². The van der Waals surface area contributed by atoms with Crippen LogP contribution in [0.2, 0.25) is 0 Å². The van der Waals surface area contributed by atoms with E-state index in [9.17, 15) is 0 Å². The molecule has 190 valence electrons. The molecule has 0 aliphatic heterocycles. The first-order valence-electron chi connectivity index (χ1n) is 6.96. The van der Waals surface area contributed by atoms with Gasteiger partial charge >= 0.3 is 256 Å². The Kier molecular flexibility index (Phi) is 15.0. The molecule has 21 heteroatoms. The number of hydrogen-bond acceptors (Lipinski definition) is 5. The van der Waals surface area contributed by atoms with Crippen molar-refractivity contribution in [2.75, 3.05) is 33.0 Å². The number of rotatable bonds is 10. The molecule has 0 aromatic carbocycles. The van der Waals surface area contributed by atoms with Gasteiger partial charge in [0.25, 0.3) is 0 Å². The molecular formula is C10H10Cl15O5P. The normalized spacial score (nSPS) is 16.3. The van der Waals surface area contributed by atoms with Gasteiger partial charge in [-0.1, -0.05) is 0 Å². The van der Waals surface area contributed by atoms with Crippen molar-refractivity contribution < 1.29 is 22.6 Å². The third-order valence-corrected chi connectivity index (χ3v) is 6.59. The Morgan fingerprint density at radius 1 is 0.323 bits per heavy atom. The van der Waals surface area contributed by atoms with Crippen LogP contribution in [0.1, 0.15) is 0 Å². The Hall–Kier alpha value is 4.58. The van der Waals surface area contributed by atoms with E-state index in [1.807, 2.05) is 0 Å². The van der Waals surface area contributed by atoms with Gasteiger partial charge < -0.3 is 0 Å². The second-order valence-corrected chi connectivity index (χ2v) is 20.6. The minimum absolute atomic E-state index is 0.824. The molecule has 0 bridgehead atoms. The molecule has 0 spiro atoms. The van der Waals surface area contributed by atoms with E-state index in [-0.39, 0.29) is 0 Å². The van der Waals surface area contributed by atoms with Gasteiger partial charge in [0.15, 0.2) is 0 Å². The van der Waals surface area contributed by atoms with Gasteiger partial charge in [-0.2, -0.15) is 0 Å². The van der Waals surface area contributed by atoms with Crippen molar-refractivity contribution in [3.05, 3.63) is 0 Å². The molecule has 0 aromatic heterocycles. The average Bonchev–Trinajstić information content (AvgIpc) is 2.49. The van der Waals surface area contributed by atoms with Gasteiger partial charge in [0, 0.05) is 0 Å². The van der Waals surface area contributed by atoms with Gasteiger partial charge in [-0.25, -0.2) is 0 Å². The molecule has 0 N–H and O–H groups in total. The fourth-order valence-electron chi connectivity index (χ4n) is 1.27. The van der Waals surface area contributed by atoms with Crippen LogP contribution in [-0.4, -0.2) is 52.0 Å². The van der Waals surface area contributed by atoms with Gasteiger partial charge in [-0.3, -0.25) is 0 Å². The molecule has 0 heterocycles. The molecule has 0 amide bonds. The summed E-state index contributed by atoms with van der Waals surface area (Å²) in [7, 11) is -5.67. The Morgan fingerprint density at radius 2 is 0.452 bits per heavy atom. The Morgan fingerprint density at radius 3 is 0.548 bits per heavy atom. The monoisotopic (exact) mass is 766 g/mol. The maximum absolute atomic E-state index is 5.75. The van der Waals surface area contributed by atoms with Gasteiger partial charge in [-0.05, 0) is 0 Å². The molecule has 0 aliphatic carbocycles. The first kappa shape index (κ1) is 35.6. The van der Waals surface area contributed by atoms with E-state index in [2.05, 4.69) is 0 Å². The van der Waals surface area contributed by atoms with Gasteiger partial charge in [-0.15, -0.1) is 0 Å². The summed E-state index contributed by atoms with van der Waals surface area (Å²) in [5.41, 5.74) is 0.